The van der Waals surface area contributed by atoms with Crippen molar-refractivity contribution in [2.45, 2.75) is 33.6 Å². The molecule has 0 atom stereocenters. The summed E-state index contributed by atoms with van der Waals surface area (Å²) < 4.78 is 5.56. The Morgan fingerprint density at radius 2 is 1.94 bits per heavy atom. The van der Waals surface area contributed by atoms with E-state index in [4.69, 9.17) is 10.00 Å². The normalized spacial score (nSPS) is 10.8. The van der Waals surface area contributed by atoms with Crippen LogP contribution >= 0.6 is 0 Å². The zero-order chi connectivity index (χ0) is 13.6. The van der Waals surface area contributed by atoms with Crippen molar-refractivity contribution < 1.29 is 9.53 Å². The summed E-state index contributed by atoms with van der Waals surface area (Å²) in [4.78, 5) is 11.1. The van der Waals surface area contributed by atoms with Crippen molar-refractivity contribution in [1.29, 1.82) is 5.26 Å². The Bertz CT molecular complexity index is 441. The van der Waals surface area contributed by atoms with Gasteiger partial charge in [0.25, 0.3) is 0 Å². The van der Waals surface area contributed by atoms with Crippen molar-refractivity contribution in [3.8, 4) is 11.8 Å². The minimum absolute atomic E-state index is 0.0531. The number of benzene rings is 1. The Kier molecular flexibility index (Phi) is 4.91. The summed E-state index contributed by atoms with van der Waals surface area (Å²) in [6, 6.07) is 9.38. The molecule has 1 aromatic rings. The first-order valence-electron chi connectivity index (χ1n) is 6.10. The molecule has 96 valence electrons. The van der Waals surface area contributed by atoms with E-state index in [1.807, 2.05) is 13.8 Å². The van der Waals surface area contributed by atoms with Crippen LogP contribution in [0.25, 0.3) is 0 Å². The lowest BCUT2D eigenvalue weighted by atomic mass is 9.90. The van der Waals surface area contributed by atoms with E-state index in [1.54, 1.807) is 31.2 Å². The highest BCUT2D eigenvalue weighted by Gasteiger charge is 2.15. The maximum atomic E-state index is 11.1. The standard InChI is InChI=1S/C15H19NO2/c1-12(17)13-5-7-14(8-6-13)18-10-4-9-15(2,3)11-16/h5-8H,4,9-10H2,1-3H3. The highest BCUT2D eigenvalue weighted by molar-refractivity contribution is 5.94. The van der Waals surface area contributed by atoms with Gasteiger partial charge in [0.1, 0.15) is 5.75 Å². The highest BCUT2D eigenvalue weighted by atomic mass is 16.5. The zero-order valence-electron chi connectivity index (χ0n) is 11.2. The van der Waals surface area contributed by atoms with Crippen LogP contribution in [0, 0.1) is 16.7 Å². The lowest BCUT2D eigenvalue weighted by Gasteiger charge is -2.14. The van der Waals surface area contributed by atoms with Crippen LogP contribution in [0.4, 0.5) is 0 Å². The molecule has 0 fully saturated rings. The second-order valence-corrected chi connectivity index (χ2v) is 5.03. The van der Waals surface area contributed by atoms with Gasteiger partial charge in [0, 0.05) is 5.56 Å². The van der Waals surface area contributed by atoms with Gasteiger partial charge >= 0.3 is 0 Å². The quantitative estimate of drug-likeness (QED) is 0.568. The van der Waals surface area contributed by atoms with E-state index in [1.165, 1.54) is 0 Å². The van der Waals surface area contributed by atoms with Crippen LogP contribution in [-0.2, 0) is 0 Å². The average Bonchev–Trinajstić information content (AvgIpc) is 2.35. The fourth-order valence-electron chi connectivity index (χ4n) is 1.55. The number of nitriles is 1. The molecule has 0 aromatic heterocycles. The average molecular weight is 245 g/mol. The van der Waals surface area contributed by atoms with E-state index in [2.05, 4.69) is 6.07 Å². The number of rotatable bonds is 6. The number of carbonyl (C=O) groups excluding carboxylic acids is 1. The number of carbonyl (C=O) groups is 1. The third kappa shape index (κ3) is 4.58. The van der Waals surface area contributed by atoms with Crippen LogP contribution in [0.2, 0.25) is 0 Å². The maximum absolute atomic E-state index is 11.1. The lowest BCUT2D eigenvalue weighted by Crippen LogP contribution is -2.10. The second kappa shape index (κ2) is 6.20. The SMILES string of the molecule is CC(=O)c1ccc(OCCCC(C)(C)C#N)cc1. The molecule has 0 N–H and O–H groups in total. The summed E-state index contributed by atoms with van der Waals surface area (Å²) in [5.74, 6) is 0.812. The first-order valence-corrected chi connectivity index (χ1v) is 6.10. The predicted molar refractivity (Wildman–Crippen MR) is 70.6 cm³/mol. The molecule has 0 heterocycles. The van der Waals surface area contributed by atoms with Crippen LogP contribution in [0.1, 0.15) is 44.0 Å². The van der Waals surface area contributed by atoms with Crippen LogP contribution in [-0.4, -0.2) is 12.4 Å². The summed E-state index contributed by atoms with van der Waals surface area (Å²) in [6.45, 7) is 5.98. The van der Waals surface area contributed by atoms with Crippen molar-refractivity contribution in [3.63, 3.8) is 0 Å². The van der Waals surface area contributed by atoms with Gasteiger partial charge in [0.15, 0.2) is 5.78 Å². The van der Waals surface area contributed by atoms with Gasteiger partial charge in [-0.3, -0.25) is 4.79 Å². The molecule has 18 heavy (non-hydrogen) atoms. The number of nitrogens with zero attached hydrogens (tertiary/aromatic N) is 1. The molecular formula is C15H19NO2. The lowest BCUT2D eigenvalue weighted by molar-refractivity contribution is 0.101. The summed E-state index contributed by atoms with van der Waals surface area (Å²) in [6.07, 6.45) is 1.66. The van der Waals surface area contributed by atoms with Crippen molar-refractivity contribution >= 4 is 5.78 Å². The van der Waals surface area contributed by atoms with Gasteiger partial charge < -0.3 is 4.74 Å². The van der Waals surface area contributed by atoms with E-state index >= 15 is 0 Å². The van der Waals surface area contributed by atoms with Crippen molar-refractivity contribution in [2.75, 3.05) is 6.61 Å². The number of ketones is 1. The number of Topliss-reactive ketones (excluding diaryl/α,β-unsaturated/α-hetero) is 1. The van der Waals surface area contributed by atoms with Crippen LogP contribution in [0.3, 0.4) is 0 Å². The fraction of sp³-hybridized carbons (Fsp3) is 0.467. The Balaban J connectivity index is 2.37. The van der Waals surface area contributed by atoms with Gasteiger partial charge in [-0.05, 0) is 57.9 Å². The van der Waals surface area contributed by atoms with E-state index in [0.717, 1.165) is 18.6 Å². The molecule has 0 bridgehead atoms. The molecule has 0 amide bonds. The summed E-state index contributed by atoms with van der Waals surface area (Å²) in [5, 5.41) is 8.87. The minimum Gasteiger partial charge on any atom is -0.494 e. The molecule has 0 aliphatic heterocycles. The van der Waals surface area contributed by atoms with Gasteiger partial charge in [0.2, 0.25) is 0 Å². The molecule has 0 spiro atoms. The van der Waals surface area contributed by atoms with Gasteiger partial charge in [-0.15, -0.1) is 0 Å². The Morgan fingerprint density at radius 3 is 2.44 bits per heavy atom. The Labute approximate surface area is 108 Å². The van der Waals surface area contributed by atoms with Gasteiger partial charge in [-0.1, -0.05) is 0 Å². The molecule has 0 saturated heterocycles. The van der Waals surface area contributed by atoms with E-state index in [-0.39, 0.29) is 11.2 Å². The molecule has 1 aromatic carbocycles. The first kappa shape index (κ1) is 14.2. The number of hydrogen-bond donors (Lipinski definition) is 0. The van der Waals surface area contributed by atoms with Crippen LogP contribution in [0.5, 0.6) is 5.75 Å². The highest BCUT2D eigenvalue weighted by Crippen LogP contribution is 2.21. The van der Waals surface area contributed by atoms with Crippen molar-refractivity contribution in [2.24, 2.45) is 5.41 Å². The predicted octanol–water partition coefficient (Wildman–Crippen LogP) is 3.60. The van der Waals surface area contributed by atoms with Crippen molar-refractivity contribution in [1.82, 2.24) is 0 Å². The largest absolute Gasteiger partial charge is 0.494 e. The van der Waals surface area contributed by atoms with Gasteiger partial charge in [-0.2, -0.15) is 5.26 Å². The van der Waals surface area contributed by atoms with Crippen molar-refractivity contribution in [3.05, 3.63) is 29.8 Å². The zero-order valence-corrected chi connectivity index (χ0v) is 11.2. The molecule has 3 nitrogen and oxygen atoms in total. The molecule has 0 radical (unpaired) electrons. The van der Waals surface area contributed by atoms with Crippen LogP contribution in [0.15, 0.2) is 24.3 Å². The molecule has 0 aliphatic rings. The number of ether oxygens (including phenoxy) is 1. The summed E-state index contributed by atoms with van der Waals surface area (Å²) in [7, 11) is 0. The maximum Gasteiger partial charge on any atom is 0.159 e. The molecule has 3 heteroatoms. The smallest absolute Gasteiger partial charge is 0.159 e. The minimum atomic E-state index is -0.290. The summed E-state index contributed by atoms with van der Waals surface area (Å²) >= 11 is 0. The molecule has 1 rings (SSSR count). The fourth-order valence-corrected chi connectivity index (χ4v) is 1.55. The van der Waals surface area contributed by atoms with E-state index in [9.17, 15) is 4.79 Å². The summed E-state index contributed by atoms with van der Waals surface area (Å²) in [5.41, 5.74) is 0.398. The molecule has 0 unspecified atom stereocenters. The van der Waals surface area contributed by atoms with Gasteiger partial charge in [0.05, 0.1) is 18.1 Å². The second-order valence-electron chi connectivity index (χ2n) is 5.03. The monoisotopic (exact) mass is 245 g/mol. The molecular weight excluding hydrogens is 226 g/mol. The first-order chi connectivity index (χ1) is 8.44. The third-order valence-electron chi connectivity index (χ3n) is 2.78. The van der Waals surface area contributed by atoms with Crippen LogP contribution < -0.4 is 4.74 Å². The Hall–Kier alpha value is -1.82. The van der Waals surface area contributed by atoms with E-state index in [0.29, 0.717) is 12.2 Å². The molecule has 0 aliphatic carbocycles. The third-order valence-corrected chi connectivity index (χ3v) is 2.78. The van der Waals surface area contributed by atoms with E-state index < -0.39 is 0 Å². The van der Waals surface area contributed by atoms with Gasteiger partial charge in [-0.25, -0.2) is 0 Å². The Morgan fingerprint density at radius 1 is 1.33 bits per heavy atom. The number of hydrogen-bond acceptors (Lipinski definition) is 3. The molecule has 0 saturated carbocycles. The topological polar surface area (TPSA) is 50.1 Å².